The van der Waals surface area contributed by atoms with E-state index >= 15 is 0 Å². The highest BCUT2D eigenvalue weighted by atomic mass is 32.2. The van der Waals surface area contributed by atoms with E-state index in [1.165, 1.54) is 7.05 Å². The lowest BCUT2D eigenvalue weighted by molar-refractivity contribution is -0.147. The Bertz CT molecular complexity index is 738. The van der Waals surface area contributed by atoms with Crippen LogP contribution >= 0.6 is 11.8 Å². The number of aryl methyl sites for hydroxylation is 2. The molecule has 1 amide bonds. The molecule has 9 heteroatoms. The Morgan fingerprint density at radius 2 is 1.88 bits per heavy atom. The summed E-state index contributed by atoms with van der Waals surface area (Å²) in [5, 5.41) is 9.77. The van der Waals surface area contributed by atoms with E-state index in [1.807, 2.05) is 32.0 Å². The Morgan fingerprint density at radius 1 is 1.24 bits per heavy atom. The third kappa shape index (κ3) is 4.97. The molecule has 2 aromatic rings. The molecule has 1 aromatic heterocycles. The Morgan fingerprint density at radius 3 is 2.44 bits per heavy atom. The van der Waals surface area contributed by atoms with E-state index < -0.39 is 12.0 Å². The first-order valence-electron chi connectivity index (χ1n) is 7.65. The molecular weight excluding hydrogens is 353 g/mol. The number of anilines is 1. The Kier molecular flexibility index (Phi) is 6.10. The number of para-hydroxylation sites is 1. The van der Waals surface area contributed by atoms with Gasteiger partial charge in [0, 0.05) is 24.9 Å². The molecular formula is C16H19F3N4OS. The van der Waals surface area contributed by atoms with Gasteiger partial charge in [-0.1, -0.05) is 30.0 Å². The van der Waals surface area contributed by atoms with Crippen molar-refractivity contribution in [2.45, 2.75) is 38.0 Å². The van der Waals surface area contributed by atoms with Gasteiger partial charge in [0.25, 0.3) is 0 Å². The van der Waals surface area contributed by atoms with E-state index in [0.717, 1.165) is 33.1 Å². The third-order valence-corrected chi connectivity index (χ3v) is 4.72. The van der Waals surface area contributed by atoms with E-state index in [-0.39, 0.29) is 17.5 Å². The van der Waals surface area contributed by atoms with Crippen LogP contribution in [0.5, 0.6) is 0 Å². The normalized spacial score (nSPS) is 11.6. The fourth-order valence-corrected chi connectivity index (χ4v) is 3.15. The maximum absolute atomic E-state index is 12.6. The number of hydrogen-bond donors (Lipinski definition) is 1. The van der Waals surface area contributed by atoms with Gasteiger partial charge in [-0.15, -0.1) is 10.2 Å². The number of nitrogens with zero attached hydrogens (tertiary/aromatic N) is 3. The molecule has 0 fully saturated rings. The smallest absolute Gasteiger partial charge is 0.326 e. The third-order valence-electron chi connectivity index (χ3n) is 3.61. The second-order valence-corrected chi connectivity index (χ2v) is 6.69. The summed E-state index contributed by atoms with van der Waals surface area (Å²) in [6.45, 7) is 3.84. The number of carbonyl (C=O) groups excluding carboxylic acids is 1. The van der Waals surface area contributed by atoms with Gasteiger partial charge in [0.1, 0.15) is 0 Å². The van der Waals surface area contributed by atoms with Gasteiger partial charge in [-0.3, -0.25) is 4.79 Å². The first-order chi connectivity index (χ1) is 11.7. The number of halogens is 3. The molecule has 5 nitrogen and oxygen atoms in total. The Labute approximate surface area is 148 Å². The molecule has 25 heavy (non-hydrogen) atoms. The molecule has 1 heterocycles. The summed E-state index contributed by atoms with van der Waals surface area (Å²) in [4.78, 5) is 12.0. The number of alkyl halides is 3. The van der Waals surface area contributed by atoms with E-state index in [4.69, 9.17) is 0 Å². The molecule has 1 aromatic carbocycles. The highest BCUT2D eigenvalue weighted by Gasteiger charge is 2.37. The number of hydrogen-bond acceptors (Lipinski definition) is 4. The Hall–Kier alpha value is -2.03. The predicted octanol–water partition coefficient (Wildman–Crippen LogP) is 3.96. The van der Waals surface area contributed by atoms with E-state index in [2.05, 4.69) is 15.5 Å². The van der Waals surface area contributed by atoms with Gasteiger partial charge in [-0.2, -0.15) is 13.2 Å². The number of carbonyl (C=O) groups is 1. The molecule has 0 saturated heterocycles. The van der Waals surface area contributed by atoms with Crippen molar-refractivity contribution in [2.75, 3.05) is 11.1 Å². The fraction of sp³-hybridized carbons (Fsp3) is 0.438. The van der Waals surface area contributed by atoms with Gasteiger partial charge >= 0.3 is 6.18 Å². The summed E-state index contributed by atoms with van der Waals surface area (Å²) in [5.74, 6) is -0.668. The van der Waals surface area contributed by atoms with Crippen LogP contribution in [0.2, 0.25) is 0 Å². The monoisotopic (exact) mass is 372 g/mol. The van der Waals surface area contributed by atoms with Crippen molar-refractivity contribution in [3.63, 3.8) is 0 Å². The van der Waals surface area contributed by atoms with Crippen molar-refractivity contribution in [3.8, 4) is 0 Å². The summed E-state index contributed by atoms with van der Waals surface area (Å²) in [6.07, 6.45) is -3.72. The van der Waals surface area contributed by atoms with Gasteiger partial charge in [0.15, 0.2) is 5.16 Å². The molecule has 1 N–H and O–H groups in total. The fourth-order valence-electron chi connectivity index (χ4n) is 2.30. The zero-order valence-corrected chi connectivity index (χ0v) is 15.0. The minimum atomic E-state index is -4.52. The van der Waals surface area contributed by atoms with Crippen LogP contribution in [0, 0.1) is 13.8 Å². The summed E-state index contributed by atoms with van der Waals surface area (Å²) >= 11 is 1.15. The second-order valence-electron chi connectivity index (χ2n) is 5.63. The first-order valence-corrected chi connectivity index (χ1v) is 8.64. The average molecular weight is 372 g/mol. The largest absolute Gasteiger partial charge is 0.451 e. The zero-order valence-electron chi connectivity index (χ0n) is 14.1. The number of thioether (sulfide) groups is 1. The topological polar surface area (TPSA) is 59.8 Å². The minimum absolute atomic E-state index is 0.119. The molecule has 2 rings (SSSR count). The van der Waals surface area contributed by atoms with Crippen molar-refractivity contribution in [3.05, 3.63) is 35.2 Å². The minimum Gasteiger partial charge on any atom is -0.326 e. The van der Waals surface area contributed by atoms with Crippen LogP contribution in [0.3, 0.4) is 0 Å². The lowest BCUT2D eigenvalue weighted by Gasteiger charge is -2.11. The highest BCUT2D eigenvalue weighted by Crippen LogP contribution is 2.29. The van der Waals surface area contributed by atoms with Crippen molar-refractivity contribution >= 4 is 23.4 Å². The average Bonchev–Trinajstić information content (AvgIpc) is 2.89. The van der Waals surface area contributed by atoms with Gasteiger partial charge in [0.2, 0.25) is 11.7 Å². The molecule has 136 valence electrons. The van der Waals surface area contributed by atoms with Gasteiger partial charge < -0.3 is 9.88 Å². The summed E-state index contributed by atoms with van der Waals surface area (Å²) < 4.78 is 38.8. The molecule has 0 aliphatic heterocycles. The van der Waals surface area contributed by atoms with Crippen LogP contribution in [0.4, 0.5) is 18.9 Å². The van der Waals surface area contributed by atoms with E-state index in [9.17, 15) is 18.0 Å². The van der Waals surface area contributed by atoms with Crippen LogP contribution in [0.15, 0.2) is 23.4 Å². The molecule has 0 unspecified atom stereocenters. The summed E-state index contributed by atoms with van der Waals surface area (Å²) in [7, 11) is 1.28. The van der Waals surface area contributed by atoms with Crippen LogP contribution in [0.1, 0.15) is 29.8 Å². The number of nitrogens with one attached hydrogen (secondary N) is 1. The lowest BCUT2D eigenvalue weighted by Crippen LogP contribution is -2.14. The maximum atomic E-state index is 12.6. The number of benzene rings is 1. The van der Waals surface area contributed by atoms with E-state index in [0.29, 0.717) is 12.2 Å². The highest BCUT2D eigenvalue weighted by molar-refractivity contribution is 7.99. The number of aromatic nitrogens is 3. The molecule has 0 aliphatic carbocycles. The number of amides is 1. The Balaban J connectivity index is 1.82. The van der Waals surface area contributed by atoms with Crippen molar-refractivity contribution in [2.24, 2.45) is 7.05 Å². The van der Waals surface area contributed by atoms with Gasteiger partial charge in [0.05, 0.1) is 0 Å². The lowest BCUT2D eigenvalue weighted by atomic mass is 10.1. The van der Waals surface area contributed by atoms with E-state index in [1.54, 1.807) is 0 Å². The predicted molar refractivity (Wildman–Crippen MR) is 90.5 cm³/mol. The van der Waals surface area contributed by atoms with Gasteiger partial charge in [-0.05, 0) is 31.4 Å². The van der Waals surface area contributed by atoms with Crippen LogP contribution in [-0.2, 0) is 18.0 Å². The maximum Gasteiger partial charge on any atom is 0.451 e. The molecule has 0 bridgehead atoms. The van der Waals surface area contributed by atoms with Crippen LogP contribution in [-0.4, -0.2) is 26.4 Å². The molecule has 0 aliphatic rings. The van der Waals surface area contributed by atoms with Crippen molar-refractivity contribution in [1.29, 1.82) is 0 Å². The van der Waals surface area contributed by atoms with Crippen LogP contribution in [0.25, 0.3) is 0 Å². The summed E-state index contributed by atoms with van der Waals surface area (Å²) in [6, 6.07) is 5.77. The molecule has 0 spiro atoms. The van der Waals surface area contributed by atoms with Gasteiger partial charge in [-0.25, -0.2) is 0 Å². The van der Waals surface area contributed by atoms with Crippen molar-refractivity contribution < 1.29 is 18.0 Å². The second kappa shape index (κ2) is 7.90. The number of rotatable bonds is 6. The quantitative estimate of drug-likeness (QED) is 0.616. The SMILES string of the molecule is Cc1cccc(C)c1NC(=O)CCCSc1nnc(C(F)(F)F)n1C. The molecule has 0 radical (unpaired) electrons. The molecule has 0 saturated carbocycles. The standard InChI is InChI=1S/C16H19F3N4OS/c1-10-6-4-7-11(2)13(10)20-12(24)8-5-9-25-15-22-21-14(23(15)3)16(17,18)19/h4,6-7H,5,8-9H2,1-3H3,(H,20,24). The summed E-state index contributed by atoms with van der Waals surface area (Å²) in [5.41, 5.74) is 2.78. The first kappa shape index (κ1) is 19.3. The van der Waals surface area contributed by atoms with Crippen molar-refractivity contribution in [1.82, 2.24) is 14.8 Å². The molecule has 0 atom stereocenters. The zero-order chi connectivity index (χ0) is 18.6. The van der Waals surface area contributed by atoms with Crippen LogP contribution < -0.4 is 5.32 Å².